The van der Waals surface area contributed by atoms with E-state index in [-0.39, 0.29) is 26.8 Å². The average Bonchev–Trinajstić information content (AvgIpc) is 2.33. The highest BCUT2D eigenvalue weighted by molar-refractivity contribution is 9.10. The zero-order chi connectivity index (χ0) is 14.0. The smallest absolute Gasteiger partial charge is 0.341 e. The molecule has 0 aliphatic heterocycles. The zero-order valence-corrected chi connectivity index (χ0v) is 11.6. The first-order valence-corrected chi connectivity index (χ1v) is 6.17. The number of rotatable bonds is 3. The van der Waals surface area contributed by atoms with Crippen molar-refractivity contribution in [2.24, 2.45) is 0 Å². The number of hydrogen-bond acceptors (Lipinski definition) is 3. The van der Waals surface area contributed by atoms with Gasteiger partial charge >= 0.3 is 5.97 Å². The number of aromatic carboxylic acids is 1. The molecule has 1 heterocycles. The van der Waals surface area contributed by atoms with Gasteiger partial charge < -0.3 is 9.84 Å². The van der Waals surface area contributed by atoms with Gasteiger partial charge in [-0.25, -0.2) is 14.2 Å². The molecule has 1 N–H and O–H groups in total. The highest BCUT2D eigenvalue weighted by atomic mass is 79.9. The third-order valence-electron chi connectivity index (χ3n) is 2.16. The van der Waals surface area contributed by atoms with Gasteiger partial charge in [0.1, 0.15) is 22.3 Å². The van der Waals surface area contributed by atoms with Gasteiger partial charge in [-0.05, 0) is 46.3 Å². The molecule has 0 radical (unpaired) electrons. The molecule has 0 aliphatic carbocycles. The minimum atomic E-state index is -1.19. The number of carboxylic acid groups (broad SMARTS) is 1. The lowest BCUT2D eigenvalue weighted by Gasteiger charge is -2.08. The summed E-state index contributed by atoms with van der Waals surface area (Å²) in [4.78, 5) is 14.8. The summed E-state index contributed by atoms with van der Waals surface area (Å²) in [5.41, 5.74) is -0.134. The van der Waals surface area contributed by atoms with E-state index in [0.29, 0.717) is 0 Å². The molecule has 0 spiro atoms. The monoisotopic (exact) mass is 345 g/mol. The van der Waals surface area contributed by atoms with Crippen molar-refractivity contribution in [3.8, 4) is 11.6 Å². The van der Waals surface area contributed by atoms with Gasteiger partial charge in [0.2, 0.25) is 5.88 Å². The lowest BCUT2D eigenvalue weighted by atomic mass is 10.3. The molecular weight excluding hydrogens is 340 g/mol. The van der Waals surface area contributed by atoms with E-state index in [1.165, 1.54) is 30.3 Å². The molecular formula is C12H6BrClFNO3. The first-order chi connectivity index (χ1) is 8.97. The molecule has 0 unspecified atom stereocenters. The molecule has 0 atom stereocenters. The number of carbonyl (C=O) groups is 1. The van der Waals surface area contributed by atoms with Crippen LogP contribution in [0.5, 0.6) is 11.6 Å². The van der Waals surface area contributed by atoms with Crippen LogP contribution in [-0.4, -0.2) is 16.1 Å². The number of halogens is 3. The molecule has 2 rings (SSSR count). The van der Waals surface area contributed by atoms with Crippen LogP contribution in [0, 0.1) is 5.82 Å². The van der Waals surface area contributed by atoms with Crippen molar-refractivity contribution in [3.63, 3.8) is 0 Å². The summed E-state index contributed by atoms with van der Waals surface area (Å²) in [6, 6.07) is 6.53. The Morgan fingerprint density at radius 3 is 2.74 bits per heavy atom. The Morgan fingerprint density at radius 2 is 2.11 bits per heavy atom. The number of hydrogen-bond donors (Lipinski definition) is 1. The van der Waals surface area contributed by atoms with Gasteiger partial charge in [-0.2, -0.15) is 0 Å². The summed E-state index contributed by atoms with van der Waals surface area (Å²) in [6.45, 7) is 0. The topological polar surface area (TPSA) is 59.4 Å². The van der Waals surface area contributed by atoms with Crippen LogP contribution in [0.15, 0.2) is 34.8 Å². The Bertz CT molecular complexity index is 651. The number of benzene rings is 1. The van der Waals surface area contributed by atoms with Crippen LogP contribution in [-0.2, 0) is 0 Å². The number of pyridine rings is 1. The Balaban J connectivity index is 2.39. The Hall–Kier alpha value is -1.66. The van der Waals surface area contributed by atoms with Crippen LogP contribution in [0.3, 0.4) is 0 Å². The number of ether oxygens (including phenoxy) is 1. The largest absolute Gasteiger partial charge is 0.477 e. The van der Waals surface area contributed by atoms with Gasteiger partial charge in [0, 0.05) is 0 Å². The van der Waals surface area contributed by atoms with Crippen molar-refractivity contribution in [3.05, 3.63) is 51.3 Å². The Morgan fingerprint density at radius 1 is 1.37 bits per heavy atom. The van der Waals surface area contributed by atoms with Crippen molar-refractivity contribution in [1.82, 2.24) is 4.98 Å². The first kappa shape index (κ1) is 13.8. The highest BCUT2D eigenvalue weighted by Gasteiger charge is 2.15. The normalized spacial score (nSPS) is 10.3. The van der Waals surface area contributed by atoms with Crippen molar-refractivity contribution < 1.29 is 19.0 Å². The fourth-order valence-corrected chi connectivity index (χ4v) is 1.81. The Kier molecular flexibility index (Phi) is 4.01. The maximum atomic E-state index is 13.1. The second kappa shape index (κ2) is 5.54. The predicted octanol–water partition coefficient (Wildman–Crippen LogP) is 4.13. The van der Waals surface area contributed by atoms with Crippen LogP contribution in [0.2, 0.25) is 5.15 Å². The maximum absolute atomic E-state index is 13.1. The van der Waals surface area contributed by atoms with Crippen LogP contribution >= 0.6 is 27.5 Å². The molecule has 4 nitrogen and oxygen atoms in total. The minimum absolute atomic E-state index is 0.0983. The molecule has 0 bridgehead atoms. The molecule has 2 aromatic rings. The molecule has 0 aliphatic rings. The standard InChI is InChI=1S/C12H6BrClFNO3/c13-8-5-6(1-3-9(8)15)19-11-7(12(17)18)2-4-10(14)16-11/h1-5H,(H,17,18). The molecule has 7 heteroatoms. The zero-order valence-electron chi connectivity index (χ0n) is 9.23. The molecule has 0 fully saturated rings. The Labute approximate surface area is 120 Å². The summed E-state index contributed by atoms with van der Waals surface area (Å²) in [6.07, 6.45) is 0. The fourth-order valence-electron chi connectivity index (χ4n) is 1.31. The van der Waals surface area contributed by atoms with Crippen molar-refractivity contribution in [2.75, 3.05) is 0 Å². The second-order valence-corrected chi connectivity index (χ2v) is 4.71. The van der Waals surface area contributed by atoms with E-state index in [9.17, 15) is 9.18 Å². The van der Waals surface area contributed by atoms with Gasteiger partial charge in [0.15, 0.2) is 0 Å². The van der Waals surface area contributed by atoms with Crippen LogP contribution in [0.4, 0.5) is 4.39 Å². The summed E-state index contributed by atoms with van der Waals surface area (Å²) >= 11 is 8.69. The molecule has 0 saturated heterocycles. The quantitative estimate of drug-likeness (QED) is 0.849. The maximum Gasteiger partial charge on any atom is 0.341 e. The van der Waals surface area contributed by atoms with Crippen LogP contribution < -0.4 is 4.74 Å². The molecule has 98 valence electrons. The van der Waals surface area contributed by atoms with Gasteiger partial charge in [0.25, 0.3) is 0 Å². The number of nitrogens with zero attached hydrogens (tertiary/aromatic N) is 1. The van der Waals surface area contributed by atoms with Crippen molar-refractivity contribution >= 4 is 33.5 Å². The second-order valence-electron chi connectivity index (χ2n) is 3.47. The van der Waals surface area contributed by atoms with Gasteiger partial charge in [-0.3, -0.25) is 0 Å². The van der Waals surface area contributed by atoms with E-state index in [1.807, 2.05) is 0 Å². The van der Waals surface area contributed by atoms with E-state index in [4.69, 9.17) is 21.4 Å². The summed E-state index contributed by atoms with van der Waals surface area (Å²) in [5, 5.41) is 9.10. The summed E-state index contributed by atoms with van der Waals surface area (Å²) in [5.74, 6) is -1.56. The lowest BCUT2D eigenvalue weighted by molar-refractivity contribution is 0.0693. The lowest BCUT2D eigenvalue weighted by Crippen LogP contribution is -2.02. The van der Waals surface area contributed by atoms with Crippen molar-refractivity contribution in [1.29, 1.82) is 0 Å². The molecule has 0 saturated carbocycles. The minimum Gasteiger partial charge on any atom is -0.477 e. The van der Waals surface area contributed by atoms with E-state index < -0.39 is 11.8 Å². The molecule has 1 aromatic carbocycles. The molecule has 19 heavy (non-hydrogen) atoms. The van der Waals surface area contributed by atoms with Gasteiger partial charge in [-0.15, -0.1) is 0 Å². The van der Waals surface area contributed by atoms with E-state index in [2.05, 4.69) is 20.9 Å². The van der Waals surface area contributed by atoms with Crippen molar-refractivity contribution in [2.45, 2.75) is 0 Å². The number of aromatic nitrogens is 1. The van der Waals surface area contributed by atoms with E-state index >= 15 is 0 Å². The van der Waals surface area contributed by atoms with Crippen LogP contribution in [0.25, 0.3) is 0 Å². The van der Waals surface area contributed by atoms with Gasteiger partial charge in [0.05, 0.1) is 4.47 Å². The predicted molar refractivity (Wildman–Crippen MR) is 70.4 cm³/mol. The van der Waals surface area contributed by atoms with Gasteiger partial charge in [-0.1, -0.05) is 11.6 Å². The van der Waals surface area contributed by atoms with E-state index in [0.717, 1.165) is 0 Å². The summed E-state index contributed by atoms with van der Waals surface area (Å²) in [7, 11) is 0. The third-order valence-corrected chi connectivity index (χ3v) is 2.98. The average molecular weight is 347 g/mol. The highest BCUT2D eigenvalue weighted by Crippen LogP contribution is 2.28. The summed E-state index contributed by atoms with van der Waals surface area (Å²) < 4.78 is 18.6. The molecule has 1 aromatic heterocycles. The van der Waals surface area contributed by atoms with Crippen LogP contribution in [0.1, 0.15) is 10.4 Å². The van der Waals surface area contributed by atoms with E-state index in [1.54, 1.807) is 0 Å². The third kappa shape index (κ3) is 3.21. The fraction of sp³-hybridized carbons (Fsp3) is 0. The SMILES string of the molecule is O=C(O)c1ccc(Cl)nc1Oc1ccc(F)c(Br)c1. The number of carboxylic acids is 1. The molecule has 0 amide bonds. The first-order valence-electron chi connectivity index (χ1n) is 5.00.